The van der Waals surface area contributed by atoms with Crippen LogP contribution < -0.4 is 0 Å². The molecule has 0 bridgehead atoms. The number of carboxylic acids is 1. The maximum atomic E-state index is 11.9. The van der Waals surface area contributed by atoms with Crippen molar-refractivity contribution in [3.05, 3.63) is 25.3 Å². The molecule has 0 heterocycles. The van der Waals surface area contributed by atoms with Crippen molar-refractivity contribution in [1.29, 1.82) is 0 Å². The van der Waals surface area contributed by atoms with E-state index >= 15 is 0 Å². The van der Waals surface area contributed by atoms with Crippen molar-refractivity contribution in [2.45, 2.75) is 135 Å². The van der Waals surface area contributed by atoms with Crippen molar-refractivity contribution in [2.24, 2.45) is 5.92 Å². The highest BCUT2D eigenvalue weighted by Crippen LogP contribution is 2.18. The number of carbonyl (C=O) groups is 2. The first kappa shape index (κ1) is 31.4. The van der Waals surface area contributed by atoms with Gasteiger partial charge in [-0.05, 0) is 19.3 Å². The molecule has 4 heteroatoms. The van der Waals surface area contributed by atoms with Gasteiger partial charge in [-0.2, -0.15) is 0 Å². The minimum atomic E-state index is -0.943. The van der Waals surface area contributed by atoms with E-state index in [1.807, 2.05) is 6.08 Å². The predicted octanol–water partition coefficient (Wildman–Crippen LogP) is 8.79. The molecule has 0 rings (SSSR count). The minimum Gasteiger partial charge on any atom is -0.481 e. The zero-order valence-electron chi connectivity index (χ0n) is 21.4. The predicted molar refractivity (Wildman–Crippen MR) is 139 cm³/mol. The molecular weight excluding hydrogens is 412 g/mol. The molecule has 0 saturated carbocycles. The summed E-state index contributed by atoms with van der Waals surface area (Å²) >= 11 is 0. The van der Waals surface area contributed by atoms with Gasteiger partial charge in [0, 0.05) is 0 Å². The Morgan fingerprint density at radius 3 is 1.39 bits per heavy atom. The quantitative estimate of drug-likeness (QED) is 0.0789. The van der Waals surface area contributed by atoms with E-state index in [-0.39, 0.29) is 13.0 Å². The molecule has 1 atom stereocenters. The molecular formula is C29H52O4. The molecule has 0 aliphatic rings. The smallest absolute Gasteiger partial charge is 0.309 e. The molecule has 0 fully saturated rings. The van der Waals surface area contributed by atoms with Gasteiger partial charge >= 0.3 is 11.9 Å². The number of ether oxygens (including phenoxy) is 1. The fraction of sp³-hybridized carbons (Fsp3) is 0.793. The van der Waals surface area contributed by atoms with Gasteiger partial charge in [0.2, 0.25) is 0 Å². The summed E-state index contributed by atoms with van der Waals surface area (Å²) in [6.07, 6.45) is 28.7. The molecule has 33 heavy (non-hydrogen) atoms. The number of unbranched alkanes of at least 4 members (excludes halogenated alkanes) is 18. The van der Waals surface area contributed by atoms with Crippen LogP contribution in [0.15, 0.2) is 25.3 Å². The molecule has 1 N–H and O–H groups in total. The summed E-state index contributed by atoms with van der Waals surface area (Å²) < 4.78 is 5.03. The lowest BCUT2D eigenvalue weighted by molar-refractivity contribution is -0.152. The lowest BCUT2D eigenvalue weighted by Crippen LogP contribution is -2.21. The van der Waals surface area contributed by atoms with Crippen molar-refractivity contribution in [2.75, 3.05) is 6.61 Å². The second kappa shape index (κ2) is 25.1. The fourth-order valence-electron chi connectivity index (χ4n) is 4.28. The number of aliphatic carboxylic acids is 1. The minimum absolute atomic E-state index is 0.145. The zero-order chi connectivity index (χ0) is 24.4. The van der Waals surface area contributed by atoms with E-state index in [0.717, 1.165) is 19.3 Å². The van der Waals surface area contributed by atoms with E-state index in [1.54, 1.807) is 0 Å². The number of carboxylic acid groups (broad SMARTS) is 1. The number of allylic oxidation sites excluding steroid dienone is 1. The average Bonchev–Trinajstić information content (AvgIpc) is 2.80. The summed E-state index contributed by atoms with van der Waals surface area (Å²) in [5.74, 6) is -1.89. The zero-order valence-corrected chi connectivity index (χ0v) is 21.4. The lowest BCUT2D eigenvalue weighted by atomic mass is 9.97. The largest absolute Gasteiger partial charge is 0.481 e. The van der Waals surface area contributed by atoms with Gasteiger partial charge in [0.1, 0.15) is 6.61 Å². The second-order valence-corrected chi connectivity index (χ2v) is 9.44. The molecule has 1 unspecified atom stereocenters. The van der Waals surface area contributed by atoms with E-state index in [9.17, 15) is 9.59 Å². The van der Waals surface area contributed by atoms with Crippen molar-refractivity contribution >= 4 is 11.9 Å². The van der Waals surface area contributed by atoms with Gasteiger partial charge in [0.05, 0.1) is 12.3 Å². The lowest BCUT2D eigenvalue weighted by Gasteiger charge is -2.13. The van der Waals surface area contributed by atoms with Crippen LogP contribution in [0.1, 0.15) is 135 Å². The Hall–Kier alpha value is -1.58. The van der Waals surface area contributed by atoms with Crippen LogP contribution in [-0.4, -0.2) is 23.7 Å². The van der Waals surface area contributed by atoms with Crippen molar-refractivity contribution in [3.63, 3.8) is 0 Å². The first-order chi connectivity index (χ1) is 16.1. The van der Waals surface area contributed by atoms with Gasteiger partial charge in [-0.3, -0.25) is 9.59 Å². The average molecular weight is 465 g/mol. The highest BCUT2D eigenvalue weighted by Gasteiger charge is 2.22. The first-order valence-corrected chi connectivity index (χ1v) is 13.7. The molecule has 192 valence electrons. The van der Waals surface area contributed by atoms with Crippen LogP contribution in [0.3, 0.4) is 0 Å². The normalized spacial score (nSPS) is 11.8. The van der Waals surface area contributed by atoms with Crippen LogP contribution in [-0.2, 0) is 14.3 Å². The van der Waals surface area contributed by atoms with Gasteiger partial charge in [-0.15, -0.1) is 6.58 Å². The van der Waals surface area contributed by atoms with Gasteiger partial charge in [0.15, 0.2) is 0 Å². The molecule has 0 amide bonds. The number of hydrogen-bond acceptors (Lipinski definition) is 3. The highest BCUT2D eigenvalue weighted by atomic mass is 16.5. The van der Waals surface area contributed by atoms with Gasteiger partial charge in [-0.25, -0.2) is 0 Å². The van der Waals surface area contributed by atoms with E-state index in [0.29, 0.717) is 6.42 Å². The van der Waals surface area contributed by atoms with Crippen molar-refractivity contribution in [3.8, 4) is 0 Å². The maximum Gasteiger partial charge on any atom is 0.309 e. The summed E-state index contributed by atoms with van der Waals surface area (Å²) in [4.78, 5) is 22.9. The molecule has 0 aromatic carbocycles. The second-order valence-electron chi connectivity index (χ2n) is 9.44. The van der Waals surface area contributed by atoms with Crippen LogP contribution in [0.4, 0.5) is 0 Å². The molecule has 0 spiro atoms. The van der Waals surface area contributed by atoms with Crippen LogP contribution >= 0.6 is 0 Å². The number of esters is 1. The van der Waals surface area contributed by atoms with E-state index in [4.69, 9.17) is 9.84 Å². The standard InChI is InChI=1S/C29H52O4/c1-3-5-6-7-8-9-10-11-12-13-14-15-16-17-18-19-20-21-22-23-24-27(26-28(30)31)29(32)33-25-4-2/h3-4,27H,1-2,5-26H2,(H,30,31). The van der Waals surface area contributed by atoms with E-state index in [1.165, 1.54) is 109 Å². The summed E-state index contributed by atoms with van der Waals surface area (Å²) in [6.45, 7) is 7.43. The molecule has 0 aliphatic heterocycles. The molecule has 0 aliphatic carbocycles. The third-order valence-corrected chi connectivity index (χ3v) is 6.31. The third-order valence-electron chi connectivity index (χ3n) is 6.31. The molecule has 0 aromatic rings. The van der Waals surface area contributed by atoms with Crippen LogP contribution in [0.2, 0.25) is 0 Å². The summed E-state index contributed by atoms with van der Waals surface area (Å²) in [7, 11) is 0. The molecule has 0 saturated heterocycles. The number of hydrogen-bond donors (Lipinski definition) is 1. The highest BCUT2D eigenvalue weighted by molar-refractivity contribution is 5.79. The van der Waals surface area contributed by atoms with Gasteiger partial charge in [0.25, 0.3) is 0 Å². The van der Waals surface area contributed by atoms with Crippen LogP contribution in [0.25, 0.3) is 0 Å². The van der Waals surface area contributed by atoms with Gasteiger partial charge in [-0.1, -0.05) is 128 Å². The molecule has 0 aromatic heterocycles. The van der Waals surface area contributed by atoms with Crippen LogP contribution in [0.5, 0.6) is 0 Å². The molecule has 0 radical (unpaired) electrons. The number of rotatable bonds is 26. The number of carbonyl (C=O) groups excluding carboxylic acids is 1. The van der Waals surface area contributed by atoms with E-state index in [2.05, 4.69) is 13.2 Å². The summed E-state index contributed by atoms with van der Waals surface area (Å²) in [5, 5.41) is 8.99. The van der Waals surface area contributed by atoms with Crippen molar-refractivity contribution < 1.29 is 19.4 Å². The Kier molecular flexibility index (Phi) is 23.9. The topological polar surface area (TPSA) is 63.6 Å². The van der Waals surface area contributed by atoms with Crippen molar-refractivity contribution in [1.82, 2.24) is 0 Å². The Morgan fingerprint density at radius 1 is 0.636 bits per heavy atom. The summed E-state index contributed by atoms with van der Waals surface area (Å²) in [6, 6.07) is 0. The SMILES string of the molecule is C=CCCCCCCCCCCCCCCCCCCCCC(CC(=O)O)C(=O)OCC=C. The Bertz CT molecular complexity index is 486. The Balaban J connectivity index is 3.40. The first-order valence-electron chi connectivity index (χ1n) is 13.7. The Labute approximate surface area is 204 Å². The van der Waals surface area contributed by atoms with Crippen LogP contribution in [0, 0.1) is 5.92 Å². The monoisotopic (exact) mass is 464 g/mol. The third kappa shape index (κ3) is 23.4. The summed E-state index contributed by atoms with van der Waals surface area (Å²) in [5.41, 5.74) is 0. The fourth-order valence-corrected chi connectivity index (χ4v) is 4.28. The molecule has 4 nitrogen and oxygen atoms in total. The Morgan fingerprint density at radius 2 is 1.03 bits per heavy atom. The maximum absolute atomic E-state index is 11.9. The van der Waals surface area contributed by atoms with E-state index < -0.39 is 17.9 Å². The van der Waals surface area contributed by atoms with Gasteiger partial charge < -0.3 is 9.84 Å².